The Hall–Kier alpha value is -5.13. The van der Waals surface area contributed by atoms with Crippen molar-refractivity contribution >= 4 is 39.9 Å². The summed E-state index contributed by atoms with van der Waals surface area (Å²) in [6, 6.07) is 20.6. The third-order valence-electron chi connectivity index (χ3n) is 6.33. The van der Waals surface area contributed by atoms with E-state index in [0.717, 1.165) is 22.4 Å². The van der Waals surface area contributed by atoms with Crippen LogP contribution in [0.15, 0.2) is 79.5 Å². The summed E-state index contributed by atoms with van der Waals surface area (Å²) in [7, 11) is 1.89. The Labute approximate surface area is 230 Å². The number of carbonyl (C=O) groups excluding carboxylic acids is 1. The second-order valence-corrected chi connectivity index (χ2v) is 9.20. The topological polar surface area (TPSA) is 119 Å². The first-order valence-electron chi connectivity index (χ1n) is 11.9. The number of nitrogens with zero attached hydrogens (tertiary/aromatic N) is 4. The number of nitriles is 1. The van der Waals surface area contributed by atoms with Gasteiger partial charge in [0, 0.05) is 30.6 Å². The summed E-state index contributed by atoms with van der Waals surface area (Å²) in [5, 5.41) is 13.8. The summed E-state index contributed by atoms with van der Waals surface area (Å²) in [6.07, 6.45) is 2.70. The molecule has 3 N–H and O–H groups in total. The molecule has 1 amide bonds. The fourth-order valence-corrected chi connectivity index (χ4v) is 4.61. The van der Waals surface area contributed by atoms with Crippen LogP contribution in [-0.4, -0.2) is 20.4 Å². The maximum atomic E-state index is 11.7. The normalized spacial score (nSPS) is 10.7. The van der Waals surface area contributed by atoms with E-state index in [1.54, 1.807) is 12.1 Å². The van der Waals surface area contributed by atoms with Gasteiger partial charge in [-0.05, 0) is 54.5 Å². The molecule has 0 fully saturated rings. The van der Waals surface area contributed by atoms with E-state index in [2.05, 4.69) is 27.9 Å². The van der Waals surface area contributed by atoms with Crippen molar-refractivity contribution in [3.63, 3.8) is 0 Å². The molecule has 192 valence electrons. The van der Waals surface area contributed by atoms with Gasteiger partial charge in [0.2, 0.25) is 11.8 Å². The standard InChI is InChI=1S/C30H23ClN6O2/c1-4-24(38)36-21-9-5-19(6-10-21)28-26(27-29(37(28)3)20(15-32)16-34-30(27)33)18-7-11-22(12-8-18)39-25-14-13-23(31)17(2)35-25/h4-14,16H,1H2,2-3H3,(H2,33,34)(H,36,38). The Morgan fingerprint density at radius 3 is 2.46 bits per heavy atom. The molecule has 3 aromatic heterocycles. The summed E-state index contributed by atoms with van der Waals surface area (Å²) >= 11 is 6.08. The van der Waals surface area contributed by atoms with Crippen molar-refractivity contribution in [2.75, 3.05) is 11.1 Å². The monoisotopic (exact) mass is 534 g/mol. The van der Waals surface area contributed by atoms with Crippen molar-refractivity contribution < 1.29 is 9.53 Å². The molecule has 0 aliphatic rings. The highest BCUT2D eigenvalue weighted by atomic mass is 35.5. The van der Waals surface area contributed by atoms with Crippen LogP contribution in [0.4, 0.5) is 11.5 Å². The molecule has 5 rings (SSSR count). The lowest BCUT2D eigenvalue weighted by Gasteiger charge is -2.11. The maximum Gasteiger partial charge on any atom is 0.247 e. The highest BCUT2D eigenvalue weighted by molar-refractivity contribution is 6.31. The number of aryl methyl sites for hydroxylation is 2. The van der Waals surface area contributed by atoms with Gasteiger partial charge < -0.3 is 20.4 Å². The van der Waals surface area contributed by atoms with Gasteiger partial charge in [-0.2, -0.15) is 5.26 Å². The Balaban J connectivity index is 1.64. The molecule has 0 unspecified atom stereocenters. The molecular formula is C30H23ClN6O2. The van der Waals surface area contributed by atoms with Crippen LogP contribution in [-0.2, 0) is 11.8 Å². The molecule has 0 radical (unpaired) electrons. The number of anilines is 2. The minimum Gasteiger partial charge on any atom is -0.439 e. The minimum absolute atomic E-state index is 0.295. The van der Waals surface area contributed by atoms with Gasteiger partial charge in [-0.3, -0.25) is 4.79 Å². The number of hydrogen-bond acceptors (Lipinski definition) is 6. The molecule has 0 saturated heterocycles. The molecule has 2 aromatic carbocycles. The number of halogens is 1. The van der Waals surface area contributed by atoms with Crippen LogP contribution in [0.5, 0.6) is 11.6 Å². The number of benzene rings is 2. The van der Waals surface area contributed by atoms with E-state index in [-0.39, 0.29) is 5.91 Å². The predicted octanol–water partition coefficient (Wildman–Crippen LogP) is 6.63. The van der Waals surface area contributed by atoms with Crippen LogP contribution < -0.4 is 15.8 Å². The van der Waals surface area contributed by atoms with E-state index in [4.69, 9.17) is 22.1 Å². The van der Waals surface area contributed by atoms with Crippen LogP contribution in [0.1, 0.15) is 11.3 Å². The maximum absolute atomic E-state index is 11.7. The van der Waals surface area contributed by atoms with Crippen molar-refractivity contribution in [3.05, 3.63) is 95.8 Å². The number of carbonyl (C=O) groups is 1. The zero-order chi connectivity index (χ0) is 27.7. The van der Waals surface area contributed by atoms with Crippen molar-refractivity contribution in [2.24, 2.45) is 7.05 Å². The summed E-state index contributed by atoms with van der Waals surface area (Å²) in [6.45, 7) is 5.30. The fraction of sp³-hybridized carbons (Fsp3) is 0.0667. The van der Waals surface area contributed by atoms with Crippen LogP contribution in [0.2, 0.25) is 5.02 Å². The smallest absolute Gasteiger partial charge is 0.247 e. The second kappa shape index (κ2) is 10.3. The number of pyridine rings is 2. The highest BCUT2D eigenvalue weighted by Crippen LogP contribution is 2.43. The third-order valence-corrected chi connectivity index (χ3v) is 6.73. The van der Waals surface area contributed by atoms with E-state index >= 15 is 0 Å². The number of aromatic nitrogens is 3. The first-order chi connectivity index (χ1) is 18.8. The number of hydrogen-bond donors (Lipinski definition) is 2. The Kier molecular flexibility index (Phi) is 6.75. The molecular weight excluding hydrogens is 512 g/mol. The first kappa shape index (κ1) is 25.5. The molecule has 0 atom stereocenters. The molecule has 5 aromatic rings. The molecule has 0 bridgehead atoms. The Morgan fingerprint density at radius 2 is 1.82 bits per heavy atom. The fourth-order valence-electron chi connectivity index (χ4n) is 4.50. The average molecular weight is 535 g/mol. The number of nitrogens with two attached hydrogens (primary N) is 1. The van der Waals surface area contributed by atoms with Crippen LogP contribution in [0.3, 0.4) is 0 Å². The van der Waals surface area contributed by atoms with Crippen LogP contribution in [0.25, 0.3) is 33.3 Å². The van der Waals surface area contributed by atoms with Crippen molar-refractivity contribution in [2.45, 2.75) is 6.92 Å². The van der Waals surface area contributed by atoms with E-state index in [0.29, 0.717) is 50.3 Å². The summed E-state index contributed by atoms with van der Waals surface area (Å²) in [5.41, 5.74) is 12.2. The molecule has 39 heavy (non-hydrogen) atoms. The zero-order valence-electron chi connectivity index (χ0n) is 21.2. The van der Waals surface area contributed by atoms with E-state index < -0.39 is 0 Å². The van der Waals surface area contributed by atoms with E-state index in [9.17, 15) is 10.1 Å². The highest BCUT2D eigenvalue weighted by Gasteiger charge is 2.23. The number of amides is 1. The number of nitrogens with one attached hydrogen (secondary N) is 1. The van der Waals surface area contributed by atoms with Gasteiger partial charge in [0.15, 0.2) is 0 Å². The van der Waals surface area contributed by atoms with Crippen molar-refractivity contribution in [1.82, 2.24) is 14.5 Å². The Morgan fingerprint density at radius 1 is 1.13 bits per heavy atom. The van der Waals surface area contributed by atoms with Crippen LogP contribution in [0, 0.1) is 18.3 Å². The van der Waals surface area contributed by atoms with Gasteiger partial charge >= 0.3 is 0 Å². The predicted molar refractivity (Wildman–Crippen MR) is 154 cm³/mol. The molecule has 0 aliphatic heterocycles. The number of ether oxygens (including phenoxy) is 1. The van der Waals surface area contributed by atoms with E-state index in [1.807, 2.05) is 67.1 Å². The summed E-state index contributed by atoms with van der Waals surface area (Å²) in [4.78, 5) is 20.4. The third kappa shape index (κ3) is 4.79. The van der Waals surface area contributed by atoms with Gasteiger partial charge in [-0.15, -0.1) is 0 Å². The van der Waals surface area contributed by atoms with Gasteiger partial charge in [0.05, 0.1) is 32.9 Å². The molecule has 0 saturated carbocycles. The lowest BCUT2D eigenvalue weighted by Crippen LogP contribution is -2.06. The van der Waals surface area contributed by atoms with Gasteiger partial charge in [0.1, 0.15) is 17.6 Å². The SMILES string of the molecule is C=CC(=O)Nc1ccc(-c2c(-c3ccc(Oc4ccc(Cl)c(C)n4)cc3)c3c(N)ncc(C#N)c3n2C)cc1. The van der Waals surface area contributed by atoms with Gasteiger partial charge in [0.25, 0.3) is 0 Å². The molecule has 8 nitrogen and oxygen atoms in total. The average Bonchev–Trinajstić information content (AvgIpc) is 3.25. The summed E-state index contributed by atoms with van der Waals surface area (Å²) < 4.78 is 7.88. The number of fused-ring (bicyclic) bond motifs is 1. The molecule has 0 spiro atoms. The molecule has 0 aliphatic carbocycles. The van der Waals surface area contributed by atoms with Gasteiger partial charge in [-0.25, -0.2) is 9.97 Å². The van der Waals surface area contributed by atoms with Crippen molar-refractivity contribution in [3.8, 4) is 40.1 Å². The van der Waals surface area contributed by atoms with E-state index in [1.165, 1.54) is 12.3 Å². The Bertz CT molecular complexity index is 1780. The number of rotatable bonds is 6. The van der Waals surface area contributed by atoms with Crippen molar-refractivity contribution in [1.29, 1.82) is 5.26 Å². The molecule has 9 heteroatoms. The minimum atomic E-state index is -0.295. The molecule has 3 heterocycles. The van der Waals surface area contributed by atoms with Gasteiger partial charge in [-0.1, -0.05) is 42.4 Å². The lowest BCUT2D eigenvalue weighted by molar-refractivity contribution is -0.111. The quantitative estimate of drug-likeness (QED) is 0.236. The largest absolute Gasteiger partial charge is 0.439 e. The second-order valence-electron chi connectivity index (χ2n) is 8.79. The lowest BCUT2D eigenvalue weighted by atomic mass is 9.98. The summed E-state index contributed by atoms with van der Waals surface area (Å²) in [5.74, 6) is 1.06. The zero-order valence-corrected chi connectivity index (χ0v) is 22.0. The van der Waals surface area contributed by atoms with Crippen LogP contribution >= 0.6 is 11.6 Å². The number of nitrogen functional groups attached to an aromatic ring is 1. The first-order valence-corrected chi connectivity index (χ1v) is 12.3.